The molecule has 0 aromatic heterocycles. The van der Waals surface area contributed by atoms with Gasteiger partial charge in [-0.25, -0.2) is 0 Å². The number of unbranched alkanes of at least 4 members (excludes halogenated alkanes) is 1. The molecular weight excluding hydrogens is 232 g/mol. The Bertz CT molecular complexity index is 366. The predicted molar refractivity (Wildman–Crippen MR) is 69.0 cm³/mol. The third-order valence-electron chi connectivity index (χ3n) is 2.98. The molecule has 102 valence electrons. The van der Waals surface area contributed by atoms with E-state index in [2.05, 4.69) is 0 Å². The average molecular weight is 254 g/mol. The third-order valence-corrected chi connectivity index (χ3v) is 2.98. The molecule has 0 heterocycles. The highest BCUT2D eigenvalue weighted by Crippen LogP contribution is 2.35. The second-order valence-electron chi connectivity index (χ2n) is 5.08. The van der Waals surface area contributed by atoms with Crippen molar-refractivity contribution in [3.05, 3.63) is 29.8 Å². The van der Waals surface area contributed by atoms with Crippen molar-refractivity contribution in [3.63, 3.8) is 0 Å². The van der Waals surface area contributed by atoms with Crippen molar-refractivity contribution in [2.24, 2.45) is 0 Å². The summed E-state index contributed by atoms with van der Waals surface area (Å²) in [6, 6.07) is 6.18. The van der Waals surface area contributed by atoms with E-state index >= 15 is 0 Å². The molecule has 0 bridgehead atoms. The second-order valence-corrected chi connectivity index (χ2v) is 5.08. The van der Waals surface area contributed by atoms with Crippen LogP contribution in [0.5, 0.6) is 5.75 Å². The second kappa shape index (κ2) is 5.69. The molecule has 1 unspecified atom stereocenters. The topological polar surface area (TPSA) is 80.9 Å². The van der Waals surface area contributed by atoms with Gasteiger partial charge >= 0.3 is 0 Å². The third kappa shape index (κ3) is 4.29. The van der Waals surface area contributed by atoms with Gasteiger partial charge in [-0.15, -0.1) is 0 Å². The van der Waals surface area contributed by atoms with Crippen LogP contribution in [0.25, 0.3) is 0 Å². The Balaban J connectivity index is 2.99. The van der Waals surface area contributed by atoms with Gasteiger partial charge in [0, 0.05) is 6.42 Å². The van der Waals surface area contributed by atoms with Crippen LogP contribution in [-0.4, -0.2) is 26.2 Å². The van der Waals surface area contributed by atoms with E-state index in [4.69, 9.17) is 0 Å². The molecule has 1 aromatic rings. The Hall–Kier alpha value is -1.10. The standard InChI is InChI=1S/C14H22O4/c1-3-4-9-14(18,10-13(2,16)17)11-5-7-12(15)8-6-11/h5-8,15-18H,3-4,9-10H2,1-2H3. The van der Waals surface area contributed by atoms with Crippen molar-refractivity contribution < 1.29 is 20.4 Å². The van der Waals surface area contributed by atoms with Crippen molar-refractivity contribution in [2.45, 2.75) is 50.9 Å². The first-order chi connectivity index (χ1) is 8.27. The van der Waals surface area contributed by atoms with Crippen molar-refractivity contribution in [2.75, 3.05) is 0 Å². The molecule has 18 heavy (non-hydrogen) atoms. The molecule has 0 spiro atoms. The molecule has 0 aliphatic carbocycles. The first kappa shape index (κ1) is 15.0. The van der Waals surface area contributed by atoms with E-state index in [1.54, 1.807) is 12.1 Å². The van der Waals surface area contributed by atoms with Crippen LogP contribution in [0.15, 0.2) is 24.3 Å². The summed E-state index contributed by atoms with van der Waals surface area (Å²) in [7, 11) is 0. The van der Waals surface area contributed by atoms with Gasteiger partial charge in [-0.1, -0.05) is 31.9 Å². The Morgan fingerprint density at radius 1 is 1.06 bits per heavy atom. The Kier molecular flexibility index (Phi) is 4.73. The fourth-order valence-electron chi connectivity index (χ4n) is 2.13. The summed E-state index contributed by atoms with van der Waals surface area (Å²) in [5.41, 5.74) is -0.704. The number of phenolic OH excluding ortho intramolecular Hbond substituents is 1. The summed E-state index contributed by atoms with van der Waals surface area (Å²) in [5, 5.41) is 38.9. The zero-order chi connectivity index (χ0) is 13.8. The van der Waals surface area contributed by atoms with Crippen LogP contribution in [0.4, 0.5) is 0 Å². The largest absolute Gasteiger partial charge is 0.508 e. The number of hydrogen-bond acceptors (Lipinski definition) is 4. The molecule has 0 saturated carbocycles. The van der Waals surface area contributed by atoms with Crippen molar-refractivity contribution in [3.8, 4) is 5.75 Å². The lowest BCUT2D eigenvalue weighted by Gasteiger charge is -2.33. The van der Waals surface area contributed by atoms with Gasteiger partial charge in [-0.3, -0.25) is 0 Å². The van der Waals surface area contributed by atoms with Crippen molar-refractivity contribution >= 4 is 0 Å². The summed E-state index contributed by atoms with van der Waals surface area (Å²) in [5.74, 6) is -1.81. The Morgan fingerprint density at radius 2 is 1.61 bits per heavy atom. The molecule has 0 fully saturated rings. The zero-order valence-corrected chi connectivity index (χ0v) is 10.9. The number of aliphatic hydroxyl groups is 3. The average Bonchev–Trinajstić information content (AvgIpc) is 2.25. The van der Waals surface area contributed by atoms with Crippen LogP contribution in [0.2, 0.25) is 0 Å². The summed E-state index contributed by atoms with van der Waals surface area (Å²) in [6.45, 7) is 3.26. The maximum atomic E-state index is 10.6. The number of phenols is 1. The molecule has 0 radical (unpaired) electrons. The van der Waals surface area contributed by atoms with Gasteiger partial charge in [0.05, 0.1) is 5.60 Å². The Labute approximate surface area is 108 Å². The molecule has 1 aromatic carbocycles. The van der Waals surface area contributed by atoms with Crippen LogP contribution >= 0.6 is 0 Å². The van der Waals surface area contributed by atoms with Gasteiger partial charge in [0.2, 0.25) is 0 Å². The first-order valence-corrected chi connectivity index (χ1v) is 6.23. The molecule has 0 aliphatic heterocycles. The number of hydrogen-bond donors (Lipinski definition) is 4. The highest BCUT2D eigenvalue weighted by Gasteiger charge is 2.35. The van der Waals surface area contributed by atoms with E-state index in [1.165, 1.54) is 19.1 Å². The molecule has 4 nitrogen and oxygen atoms in total. The van der Waals surface area contributed by atoms with E-state index in [-0.39, 0.29) is 12.2 Å². The monoisotopic (exact) mass is 254 g/mol. The van der Waals surface area contributed by atoms with Crippen LogP contribution in [0.1, 0.15) is 45.1 Å². The van der Waals surface area contributed by atoms with E-state index in [1.807, 2.05) is 6.92 Å². The van der Waals surface area contributed by atoms with E-state index in [9.17, 15) is 20.4 Å². The summed E-state index contributed by atoms with van der Waals surface area (Å²) in [4.78, 5) is 0. The predicted octanol–water partition coefficient (Wildman–Crippen LogP) is 1.86. The minimum atomic E-state index is -1.93. The minimum Gasteiger partial charge on any atom is -0.508 e. The lowest BCUT2D eigenvalue weighted by molar-refractivity contribution is -0.189. The van der Waals surface area contributed by atoms with Gasteiger partial charge in [0.1, 0.15) is 5.75 Å². The van der Waals surface area contributed by atoms with E-state index < -0.39 is 11.4 Å². The summed E-state index contributed by atoms with van der Waals surface area (Å²) >= 11 is 0. The smallest absolute Gasteiger partial charge is 0.162 e. The number of rotatable bonds is 6. The van der Waals surface area contributed by atoms with Gasteiger partial charge in [0.25, 0.3) is 0 Å². The minimum absolute atomic E-state index is 0.118. The number of aromatic hydroxyl groups is 1. The molecule has 0 aliphatic rings. The Morgan fingerprint density at radius 3 is 2.06 bits per heavy atom. The van der Waals surface area contributed by atoms with Gasteiger partial charge in [0.15, 0.2) is 5.79 Å². The highest BCUT2D eigenvalue weighted by molar-refractivity contribution is 5.30. The molecule has 4 heteroatoms. The highest BCUT2D eigenvalue weighted by atomic mass is 16.5. The molecular formula is C14H22O4. The van der Waals surface area contributed by atoms with Crippen LogP contribution in [0, 0.1) is 0 Å². The van der Waals surface area contributed by atoms with Crippen LogP contribution < -0.4 is 0 Å². The molecule has 1 atom stereocenters. The van der Waals surface area contributed by atoms with Crippen LogP contribution in [-0.2, 0) is 5.60 Å². The fourth-order valence-corrected chi connectivity index (χ4v) is 2.13. The SMILES string of the molecule is CCCCC(O)(CC(C)(O)O)c1ccc(O)cc1. The normalized spacial score (nSPS) is 15.4. The summed E-state index contributed by atoms with van der Waals surface area (Å²) in [6.07, 6.45) is 1.98. The van der Waals surface area contributed by atoms with Gasteiger partial charge in [-0.2, -0.15) is 0 Å². The quantitative estimate of drug-likeness (QED) is 0.584. The molecule has 1 rings (SSSR count). The number of benzene rings is 1. The lowest BCUT2D eigenvalue weighted by atomic mass is 9.83. The van der Waals surface area contributed by atoms with E-state index in [0.29, 0.717) is 12.0 Å². The fraction of sp³-hybridized carbons (Fsp3) is 0.571. The zero-order valence-electron chi connectivity index (χ0n) is 10.9. The van der Waals surface area contributed by atoms with Crippen LogP contribution in [0.3, 0.4) is 0 Å². The molecule has 0 amide bonds. The first-order valence-electron chi connectivity index (χ1n) is 6.23. The van der Waals surface area contributed by atoms with Gasteiger partial charge in [-0.05, 0) is 31.0 Å². The molecule has 4 N–H and O–H groups in total. The maximum absolute atomic E-state index is 10.6. The van der Waals surface area contributed by atoms with E-state index in [0.717, 1.165) is 12.8 Å². The summed E-state index contributed by atoms with van der Waals surface area (Å²) < 4.78 is 0. The maximum Gasteiger partial charge on any atom is 0.162 e. The van der Waals surface area contributed by atoms with Crippen molar-refractivity contribution in [1.82, 2.24) is 0 Å². The van der Waals surface area contributed by atoms with Gasteiger partial charge < -0.3 is 20.4 Å². The van der Waals surface area contributed by atoms with Crippen molar-refractivity contribution in [1.29, 1.82) is 0 Å². The molecule has 0 saturated heterocycles. The lowest BCUT2D eigenvalue weighted by Crippen LogP contribution is -2.37.